The molecule has 12 nitrogen and oxygen atoms in total. The molecular weight excluding hydrogens is 680 g/mol. The highest BCUT2D eigenvalue weighted by molar-refractivity contribution is 5.97. The molecule has 4 aliphatic rings. The maximum atomic E-state index is 13.7. The Hall–Kier alpha value is -4.00. The fourth-order valence-electron chi connectivity index (χ4n) is 7.15. The van der Waals surface area contributed by atoms with Crippen molar-refractivity contribution >= 4 is 23.8 Å². The van der Waals surface area contributed by atoms with E-state index >= 15 is 0 Å². The van der Waals surface area contributed by atoms with E-state index < -0.39 is 54.3 Å². The number of rotatable bonds is 10. The number of methoxy groups -OCH3 is 1. The molecule has 12 heteroatoms. The molecule has 290 valence electrons. The van der Waals surface area contributed by atoms with Gasteiger partial charge in [-0.1, -0.05) is 39.3 Å². The summed E-state index contributed by atoms with van der Waals surface area (Å²) in [6.07, 6.45) is 5.63. The third-order valence-corrected chi connectivity index (χ3v) is 10.3. The number of allylic oxidation sites excluding steroid dienone is 2. The predicted molar refractivity (Wildman–Crippen MR) is 198 cm³/mol. The van der Waals surface area contributed by atoms with Crippen LogP contribution in [0.25, 0.3) is 0 Å². The molecule has 0 aromatic carbocycles. The van der Waals surface area contributed by atoms with E-state index in [0.717, 1.165) is 42.2 Å². The molecule has 4 bridgehead atoms. The normalized spacial score (nSPS) is 31.8. The molecule has 0 spiro atoms. The van der Waals surface area contributed by atoms with Gasteiger partial charge in [-0.25, -0.2) is 14.6 Å². The number of aromatic amines is 1. The number of carbonyl (C=O) groups is 3. The lowest BCUT2D eigenvalue weighted by atomic mass is 9.83. The van der Waals surface area contributed by atoms with Crippen LogP contribution in [0.4, 0.5) is 0 Å². The molecule has 0 amide bonds. The van der Waals surface area contributed by atoms with Crippen molar-refractivity contribution in [2.45, 2.75) is 111 Å². The number of hydrogen-bond acceptors (Lipinski definition) is 11. The minimum absolute atomic E-state index is 0.00583. The molecule has 2 fully saturated rings. The average Bonchev–Trinajstić information content (AvgIpc) is 3.89. The molecule has 1 aromatic heterocycles. The Kier molecular flexibility index (Phi) is 13.2. The highest BCUT2D eigenvalue weighted by Crippen LogP contribution is 2.40. The number of cyclic esters (lactones) is 1. The number of H-pyrrole nitrogens is 1. The van der Waals surface area contributed by atoms with E-state index in [1.165, 1.54) is 12.5 Å². The highest BCUT2D eigenvalue weighted by atomic mass is 16.6. The van der Waals surface area contributed by atoms with Crippen molar-refractivity contribution in [1.29, 1.82) is 0 Å². The number of aliphatic hydroxyl groups is 1. The topological polar surface area (TPSA) is 155 Å². The first-order valence-electron chi connectivity index (χ1n) is 18.7. The summed E-state index contributed by atoms with van der Waals surface area (Å²) in [5, 5.41) is 10.2. The third kappa shape index (κ3) is 9.39. The quantitative estimate of drug-likeness (QED) is 0.136. The van der Waals surface area contributed by atoms with Crippen molar-refractivity contribution in [3.8, 4) is 0 Å². The second-order valence-corrected chi connectivity index (χ2v) is 15.7. The van der Waals surface area contributed by atoms with Gasteiger partial charge < -0.3 is 38.5 Å². The van der Waals surface area contributed by atoms with Gasteiger partial charge in [-0.2, -0.15) is 0 Å². The van der Waals surface area contributed by atoms with Crippen LogP contribution in [0.15, 0.2) is 63.2 Å². The van der Waals surface area contributed by atoms with E-state index in [4.69, 9.17) is 33.4 Å². The van der Waals surface area contributed by atoms with Gasteiger partial charge >= 0.3 is 17.9 Å². The monoisotopic (exact) mass is 736 g/mol. The van der Waals surface area contributed by atoms with Crippen LogP contribution in [0.1, 0.15) is 85.5 Å². The van der Waals surface area contributed by atoms with E-state index in [1.54, 1.807) is 14.0 Å². The number of ether oxygens (including phenoxy) is 6. The van der Waals surface area contributed by atoms with Crippen LogP contribution in [0.2, 0.25) is 0 Å². The molecule has 53 heavy (non-hydrogen) atoms. The summed E-state index contributed by atoms with van der Waals surface area (Å²) in [5.41, 5.74) is 4.28. The van der Waals surface area contributed by atoms with Crippen LogP contribution >= 0.6 is 0 Å². The Morgan fingerprint density at radius 1 is 1.13 bits per heavy atom. The largest absolute Gasteiger partial charge is 0.467 e. The molecule has 6 unspecified atom stereocenters. The zero-order valence-corrected chi connectivity index (χ0v) is 32.4. The first-order chi connectivity index (χ1) is 25.2. The van der Waals surface area contributed by atoms with Crippen LogP contribution in [0.3, 0.4) is 0 Å². The molecule has 4 aliphatic heterocycles. The van der Waals surface area contributed by atoms with Gasteiger partial charge in [0.1, 0.15) is 23.8 Å². The average molecular weight is 737 g/mol. The Bertz CT molecular complexity index is 1680. The zero-order valence-electron chi connectivity index (χ0n) is 32.4. The Morgan fingerprint density at radius 2 is 1.91 bits per heavy atom. The van der Waals surface area contributed by atoms with Gasteiger partial charge in [0.15, 0.2) is 18.3 Å². The number of aromatic nitrogens is 1. The van der Waals surface area contributed by atoms with Crippen molar-refractivity contribution in [1.82, 2.24) is 4.98 Å². The standard InChI is InChI=1S/C41H56N2O10/c1-23(2)16-27-18-35(45)52-37-36(53-40(47)41(37,7)22-44)26(6)11-12-28-13-14-31(42-28)38-43-32(34(51-38)21-50-39(27)46)19-29-30(25(5)10-9-15-48-8)20-49-33(29)17-24(3)4/h11,13-14,18-19,23-24,32-34,36-37,42,44H,9-10,12,15-17,20-22H2,1-8H3/b26-11-,27-18-,29-19-,30-25+. The lowest BCUT2D eigenvalue weighted by molar-refractivity contribution is -0.153. The molecule has 6 atom stereocenters. The maximum Gasteiger partial charge on any atom is 0.334 e. The number of aliphatic imine (C=N–C) groups is 1. The van der Waals surface area contributed by atoms with Crippen LogP contribution in [-0.2, 0) is 49.2 Å². The van der Waals surface area contributed by atoms with Crippen molar-refractivity contribution < 1.29 is 47.9 Å². The summed E-state index contributed by atoms with van der Waals surface area (Å²) in [6, 6.07) is 3.32. The highest BCUT2D eigenvalue weighted by Gasteiger charge is 2.57. The van der Waals surface area contributed by atoms with Crippen LogP contribution in [0, 0.1) is 17.3 Å². The van der Waals surface area contributed by atoms with Gasteiger partial charge in [0.2, 0.25) is 5.90 Å². The molecule has 0 saturated carbocycles. The number of hydrogen-bond donors (Lipinski definition) is 2. The van der Waals surface area contributed by atoms with Gasteiger partial charge in [0.05, 0.1) is 19.3 Å². The fraction of sp³-hybridized carbons (Fsp3) is 0.610. The summed E-state index contributed by atoms with van der Waals surface area (Å²) in [5.74, 6) is -1.39. The van der Waals surface area contributed by atoms with Gasteiger partial charge in [0, 0.05) is 37.5 Å². The number of carbonyl (C=O) groups excluding carboxylic acids is 3. The summed E-state index contributed by atoms with van der Waals surface area (Å²) >= 11 is 0. The first kappa shape index (κ1) is 40.2. The van der Waals surface area contributed by atoms with E-state index in [2.05, 4.69) is 31.8 Å². The van der Waals surface area contributed by atoms with E-state index in [9.17, 15) is 19.5 Å². The second kappa shape index (κ2) is 17.4. The molecule has 0 aliphatic carbocycles. The second-order valence-electron chi connectivity index (χ2n) is 15.7. The summed E-state index contributed by atoms with van der Waals surface area (Å²) < 4.78 is 35.5. The Morgan fingerprint density at radius 3 is 2.60 bits per heavy atom. The molecule has 2 N–H and O–H groups in total. The lowest BCUT2D eigenvalue weighted by Crippen LogP contribution is -2.43. The van der Waals surface area contributed by atoms with Crippen LogP contribution in [0.5, 0.6) is 0 Å². The van der Waals surface area contributed by atoms with Gasteiger partial charge in [-0.05, 0) is 93.2 Å². The smallest absolute Gasteiger partial charge is 0.334 e. The first-order valence-corrected chi connectivity index (χ1v) is 18.7. The van der Waals surface area contributed by atoms with Gasteiger partial charge in [0.25, 0.3) is 0 Å². The fourth-order valence-corrected chi connectivity index (χ4v) is 7.15. The minimum atomic E-state index is -1.49. The molecule has 5 rings (SSSR count). The summed E-state index contributed by atoms with van der Waals surface area (Å²) in [7, 11) is 1.71. The number of aliphatic hydroxyl groups excluding tert-OH is 1. The Balaban J connectivity index is 1.54. The van der Waals surface area contributed by atoms with Crippen molar-refractivity contribution in [3.63, 3.8) is 0 Å². The van der Waals surface area contributed by atoms with E-state index in [1.807, 2.05) is 32.1 Å². The summed E-state index contributed by atoms with van der Waals surface area (Å²) in [4.78, 5) is 48.5. The van der Waals surface area contributed by atoms with E-state index in [0.29, 0.717) is 42.7 Å². The predicted octanol–water partition coefficient (Wildman–Crippen LogP) is 5.50. The third-order valence-electron chi connectivity index (χ3n) is 10.3. The van der Waals surface area contributed by atoms with Crippen molar-refractivity contribution in [2.75, 3.05) is 33.5 Å². The van der Waals surface area contributed by atoms with Gasteiger partial charge in [-0.15, -0.1) is 0 Å². The van der Waals surface area contributed by atoms with Crippen molar-refractivity contribution in [3.05, 3.63) is 69.6 Å². The van der Waals surface area contributed by atoms with Gasteiger partial charge in [-0.3, -0.25) is 4.79 Å². The maximum absolute atomic E-state index is 13.7. The number of nitrogens with zero attached hydrogens (tertiary/aromatic N) is 1. The molecule has 1 aromatic rings. The summed E-state index contributed by atoms with van der Waals surface area (Å²) in [6.45, 7) is 14.1. The molecule has 0 radical (unpaired) electrons. The minimum Gasteiger partial charge on any atom is -0.467 e. The SMILES string of the molecule is COCCC/C(C)=C1\COC(CC(C)C)\C1=C/C1N=C2OC1COC(=O)/C(CC(C)C)=C\C(=O)OC1C(OC(=O)C1(C)CO)/C(C)=C\Cc1ccc2[nH]1. The number of fused-ring (bicyclic) bond motifs is 6. The molecular formula is C41H56N2O10. The molecule has 5 heterocycles. The number of nitrogens with one attached hydrogen (secondary N) is 1. The van der Waals surface area contributed by atoms with Crippen LogP contribution < -0.4 is 0 Å². The van der Waals surface area contributed by atoms with E-state index in [-0.39, 0.29) is 30.6 Å². The number of esters is 3. The molecule has 2 saturated heterocycles. The zero-order chi connectivity index (χ0) is 38.4. The van der Waals surface area contributed by atoms with Crippen LogP contribution in [-0.4, -0.2) is 97.9 Å². The Labute approximate surface area is 312 Å². The van der Waals surface area contributed by atoms with Crippen molar-refractivity contribution in [2.24, 2.45) is 22.2 Å². The lowest BCUT2D eigenvalue weighted by Gasteiger charge is -2.27.